The van der Waals surface area contributed by atoms with Crippen molar-refractivity contribution in [2.24, 2.45) is 0 Å². The van der Waals surface area contributed by atoms with E-state index in [-0.39, 0.29) is 0 Å². The highest BCUT2D eigenvalue weighted by atomic mass is 14.6. The van der Waals surface area contributed by atoms with Crippen molar-refractivity contribution in [2.45, 2.75) is 17.8 Å². The zero-order valence-electron chi connectivity index (χ0n) is 21.9. The van der Waals surface area contributed by atoms with Gasteiger partial charge in [-0.2, -0.15) is 0 Å². The molecule has 0 bridgehead atoms. The number of hydrogen-bond acceptors (Lipinski definition) is 0. The first kappa shape index (κ1) is 22.3. The minimum Gasteiger partial charge on any atom is -0.0622 e. The Hall–Kier alpha value is -4.68. The predicted molar refractivity (Wildman–Crippen MR) is 160 cm³/mol. The maximum atomic E-state index is 2.39. The molecule has 8 rings (SSSR count). The summed E-state index contributed by atoms with van der Waals surface area (Å²) in [4.78, 5) is 0. The van der Waals surface area contributed by atoms with Crippen molar-refractivity contribution in [3.63, 3.8) is 0 Å². The highest BCUT2D eigenvalue weighted by Gasteiger charge is 2.56. The summed E-state index contributed by atoms with van der Waals surface area (Å²) < 4.78 is 0. The molecule has 0 nitrogen and oxygen atoms in total. The molecule has 0 saturated heterocycles. The van der Waals surface area contributed by atoms with Gasteiger partial charge in [-0.15, -0.1) is 0 Å². The Bertz CT molecular complexity index is 1770. The van der Waals surface area contributed by atoms with E-state index in [0.717, 1.165) is 0 Å². The Balaban J connectivity index is 1.63. The first-order chi connectivity index (χ1) is 19.3. The average molecular weight is 497 g/mol. The zero-order valence-corrected chi connectivity index (χ0v) is 21.9. The second kappa shape index (κ2) is 8.16. The van der Waals surface area contributed by atoms with Gasteiger partial charge in [0.05, 0.1) is 10.8 Å². The summed E-state index contributed by atoms with van der Waals surface area (Å²) in [5.41, 5.74) is 14.0. The third-order valence-electron chi connectivity index (χ3n) is 9.16. The zero-order chi connectivity index (χ0) is 26.0. The third-order valence-corrected chi connectivity index (χ3v) is 9.16. The van der Waals surface area contributed by atoms with E-state index >= 15 is 0 Å². The van der Waals surface area contributed by atoms with Crippen molar-refractivity contribution in [1.82, 2.24) is 0 Å². The van der Waals surface area contributed by atoms with Crippen molar-refractivity contribution < 1.29 is 0 Å². The van der Waals surface area contributed by atoms with Gasteiger partial charge >= 0.3 is 0 Å². The Morgan fingerprint density at radius 2 is 0.744 bits per heavy atom. The van der Waals surface area contributed by atoms with Crippen LogP contribution in [0.15, 0.2) is 152 Å². The van der Waals surface area contributed by atoms with Crippen molar-refractivity contribution in [3.8, 4) is 11.1 Å². The quantitative estimate of drug-likeness (QED) is 0.224. The summed E-state index contributed by atoms with van der Waals surface area (Å²) in [6.07, 6.45) is 0. The lowest BCUT2D eigenvalue weighted by molar-refractivity contribution is 0.623. The van der Waals surface area contributed by atoms with Crippen molar-refractivity contribution >= 4 is 0 Å². The van der Waals surface area contributed by atoms with Crippen LogP contribution in [0.5, 0.6) is 0 Å². The molecule has 6 aromatic rings. The standard InChI is InChI=1S/C39H28/c1-27-15-14-26-36-37(27)30-20-8-9-21-31(30)39(36)34-24-12-10-22-32(34)38(28-16-4-2-5-17-28,29-18-6-3-7-19-29)33-23-11-13-25-35(33)39/h2-26H,1H3. The summed E-state index contributed by atoms with van der Waals surface area (Å²) in [7, 11) is 0. The van der Waals surface area contributed by atoms with Crippen molar-refractivity contribution in [3.05, 3.63) is 202 Å². The van der Waals surface area contributed by atoms with Gasteiger partial charge in [-0.3, -0.25) is 0 Å². The topological polar surface area (TPSA) is 0 Å². The van der Waals surface area contributed by atoms with E-state index in [1.165, 1.54) is 61.2 Å². The molecule has 0 atom stereocenters. The maximum Gasteiger partial charge on any atom is 0.0720 e. The van der Waals surface area contributed by atoms with Gasteiger partial charge in [0, 0.05) is 0 Å². The van der Waals surface area contributed by atoms with E-state index in [9.17, 15) is 0 Å². The van der Waals surface area contributed by atoms with Gasteiger partial charge < -0.3 is 0 Å². The van der Waals surface area contributed by atoms with Crippen LogP contribution in [0, 0.1) is 6.92 Å². The molecule has 2 aliphatic rings. The third kappa shape index (κ3) is 2.69. The molecule has 0 aliphatic heterocycles. The molecule has 0 aromatic heterocycles. The van der Waals surface area contributed by atoms with Gasteiger partial charge in [0.15, 0.2) is 0 Å². The molecule has 6 aromatic carbocycles. The smallest absolute Gasteiger partial charge is 0.0622 e. The van der Waals surface area contributed by atoms with Crippen LogP contribution in [-0.4, -0.2) is 0 Å². The monoisotopic (exact) mass is 496 g/mol. The average Bonchev–Trinajstić information content (AvgIpc) is 3.31. The molecule has 184 valence electrons. The molecule has 2 aliphatic carbocycles. The van der Waals surface area contributed by atoms with Crippen molar-refractivity contribution in [1.29, 1.82) is 0 Å². The lowest BCUT2D eigenvalue weighted by Gasteiger charge is -2.50. The molecule has 0 heterocycles. The summed E-state index contributed by atoms with van der Waals surface area (Å²) in [5.74, 6) is 0. The first-order valence-corrected chi connectivity index (χ1v) is 13.8. The fraction of sp³-hybridized carbons (Fsp3) is 0.0769. The lowest BCUT2D eigenvalue weighted by atomic mass is 9.51. The van der Waals surface area contributed by atoms with E-state index in [0.29, 0.717) is 0 Å². The predicted octanol–water partition coefficient (Wildman–Crippen LogP) is 9.05. The Labute approximate surface area is 230 Å². The molecular formula is C39H28. The van der Waals surface area contributed by atoms with Gasteiger partial charge in [0.25, 0.3) is 0 Å². The second-order valence-electron chi connectivity index (χ2n) is 10.9. The van der Waals surface area contributed by atoms with Crippen molar-refractivity contribution in [2.75, 3.05) is 0 Å². The van der Waals surface area contributed by atoms with Crippen LogP contribution >= 0.6 is 0 Å². The van der Waals surface area contributed by atoms with Crippen LogP contribution in [0.1, 0.15) is 50.1 Å². The maximum absolute atomic E-state index is 2.39. The summed E-state index contributed by atoms with van der Waals surface area (Å²) in [6, 6.07) is 56.6. The molecule has 0 heteroatoms. The summed E-state index contributed by atoms with van der Waals surface area (Å²) >= 11 is 0. The van der Waals surface area contributed by atoms with Crippen LogP contribution in [0.25, 0.3) is 11.1 Å². The van der Waals surface area contributed by atoms with E-state index in [1.54, 1.807) is 0 Å². The lowest BCUT2D eigenvalue weighted by Crippen LogP contribution is -2.44. The number of hydrogen-bond donors (Lipinski definition) is 0. The minimum atomic E-state index is -0.442. The molecule has 39 heavy (non-hydrogen) atoms. The SMILES string of the molecule is Cc1cccc2c1-c1ccccc1C21c2ccccc2C(c2ccccc2)(c2ccccc2)c2ccccc21. The molecular weight excluding hydrogens is 468 g/mol. The number of aryl methyl sites for hydroxylation is 1. The molecule has 0 radical (unpaired) electrons. The fourth-order valence-corrected chi connectivity index (χ4v) is 7.82. The normalized spacial score (nSPS) is 15.2. The largest absolute Gasteiger partial charge is 0.0720 e. The van der Waals surface area contributed by atoms with Gasteiger partial charge in [-0.05, 0) is 68.1 Å². The molecule has 0 fully saturated rings. The van der Waals surface area contributed by atoms with Gasteiger partial charge in [0.2, 0.25) is 0 Å². The molecule has 0 N–H and O–H groups in total. The molecule has 0 amide bonds. The Kier molecular flexibility index (Phi) is 4.67. The number of benzene rings is 6. The molecule has 1 spiro atoms. The van der Waals surface area contributed by atoms with Gasteiger partial charge in [-0.25, -0.2) is 0 Å². The Morgan fingerprint density at radius 1 is 0.333 bits per heavy atom. The fourth-order valence-electron chi connectivity index (χ4n) is 7.82. The summed E-state index contributed by atoms with van der Waals surface area (Å²) in [5, 5.41) is 0. The van der Waals surface area contributed by atoms with Crippen LogP contribution in [0.3, 0.4) is 0 Å². The molecule has 0 saturated carbocycles. The van der Waals surface area contributed by atoms with Crippen LogP contribution in [0.4, 0.5) is 0 Å². The highest BCUT2D eigenvalue weighted by molar-refractivity contribution is 5.90. The van der Waals surface area contributed by atoms with Crippen LogP contribution in [-0.2, 0) is 10.8 Å². The summed E-state index contributed by atoms with van der Waals surface area (Å²) in [6.45, 7) is 2.26. The van der Waals surface area contributed by atoms with E-state index < -0.39 is 10.8 Å². The Morgan fingerprint density at radius 3 is 1.28 bits per heavy atom. The second-order valence-corrected chi connectivity index (χ2v) is 10.9. The first-order valence-electron chi connectivity index (χ1n) is 13.8. The molecule has 0 unspecified atom stereocenters. The number of rotatable bonds is 2. The van der Waals surface area contributed by atoms with E-state index in [4.69, 9.17) is 0 Å². The van der Waals surface area contributed by atoms with Crippen LogP contribution in [0.2, 0.25) is 0 Å². The van der Waals surface area contributed by atoms with E-state index in [1.807, 2.05) is 0 Å². The highest BCUT2D eigenvalue weighted by Crippen LogP contribution is 2.64. The van der Waals surface area contributed by atoms with E-state index in [2.05, 4.69) is 159 Å². The van der Waals surface area contributed by atoms with Gasteiger partial charge in [-0.1, -0.05) is 152 Å². The minimum absolute atomic E-state index is 0.391. The van der Waals surface area contributed by atoms with Gasteiger partial charge in [0.1, 0.15) is 0 Å². The number of fused-ring (bicyclic) bond motifs is 9. The van der Waals surface area contributed by atoms with Crippen LogP contribution < -0.4 is 0 Å².